The molecule has 0 amide bonds. The molecule has 0 atom stereocenters. The van der Waals surface area contributed by atoms with E-state index in [-0.39, 0.29) is 5.33 Å². The first kappa shape index (κ1) is 20.6. The number of benzene rings is 2. The molecule has 0 unspecified atom stereocenters. The fraction of sp³-hybridized carbons (Fsp3) is 0.250. The third-order valence-electron chi connectivity index (χ3n) is 3.68. The van der Waals surface area contributed by atoms with E-state index in [1.54, 1.807) is 33.5 Å². The van der Waals surface area contributed by atoms with Crippen LogP contribution in [0.4, 0.5) is 0 Å². The summed E-state index contributed by atoms with van der Waals surface area (Å²) in [5.41, 5.74) is 1.70. The van der Waals surface area contributed by atoms with Crippen LogP contribution < -0.4 is 23.7 Å². The summed E-state index contributed by atoms with van der Waals surface area (Å²) in [4.78, 5) is 11.6. The van der Waals surface area contributed by atoms with E-state index in [1.165, 1.54) is 7.11 Å². The van der Waals surface area contributed by atoms with Gasteiger partial charge in [0, 0.05) is 0 Å². The zero-order chi connectivity index (χ0) is 19.8. The van der Waals surface area contributed by atoms with Gasteiger partial charge >= 0.3 is 5.97 Å². The maximum absolute atomic E-state index is 11.6. The molecule has 0 radical (unpaired) electrons. The molecule has 0 N–H and O–H groups in total. The predicted molar refractivity (Wildman–Crippen MR) is 107 cm³/mol. The van der Waals surface area contributed by atoms with E-state index in [0.29, 0.717) is 28.7 Å². The second kappa shape index (κ2) is 9.87. The van der Waals surface area contributed by atoms with Crippen molar-refractivity contribution in [3.8, 4) is 28.7 Å². The molecule has 0 heterocycles. The van der Waals surface area contributed by atoms with Crippen LogP contribution >= 0.6 is 15.9 Å². The molecule has 0 aliphatic heterocycles. The number of methoxy groups -OCH3 is 4. The highest BCUT2D eigenvalue weighted by atomic mass is 79.9. The molecule has 0 aromatic heterocycles. The van der Waals surface area contributed by atoms with Crippen LogP contribution in [0.15, 0.2) is 30.3 Å². The third kappa shape index (κ3) is 5.17. The summed E-state index contributed by atoms with van der Waals surface area (Å²) in [7, 11) is 6.22. The SMILES string of the molecule is COc1ccc(C=Cc2cc(OC)c(OC)c(OC)c2)cc1OC(=O)CBr. The number of hydrogen-bond acceptors (Lipinski definition) is 6. The largest absolute Gasteiger partial charge is 0.493 e. The quantitative estimate of drug-likeness (QED) is 0.267. The van der Waals surface area contributed by atoms with E-state index < -0.39 is 5.97 Å². The number of halogens is 1. The lowest BCUT2D eigenvalue weighted by atomic mass is 10.1. The van der Waals surface area contributed by atoms with E-state index in [9.17, 15) is 4.79 Å². The van der Waals surface area contributed by atoms with Gasteiger partial charge in [-0.2, -0.15) is 0 Å². The fourth-order valence-electron chi connectivity index (χ4n) is 2.42. The zero-order valence-electron chi connectivity index (χ0n) is 15.6. The highest BCUT2D eigenvalue weighted by molar-refractivity contribution is 9.09. The first-order chi connectivity index (χ1) is 13.1. The molecule has 0 aliphatic rings. The maximum Gasteiger partial charge on any atom is 0.322 e. The van der Waals surface area contributed by atoms with E-state index in [1.807, 2.05) is 30.4 Å². The Morgan fingerprint density at radius 2 is 1.37 bits per heavy atom. The molecule has 0 spiro atoms. The minimum Gasteiger partial charge on any atom is -0.493 e. The van der Waals surface area contributed by atoms with Crippen LogP contribution in [0.5, 0.6) is 28.7 Å². The molecule has 2 rings (SSSR count). The van der Waals surface area contributed by atoms with Crippen LogP contribution in [0.25, 0.3) is 12.2 Å². The molecule has 0 saturated carbocycles. The fourth-order valence-corrected chi connectivity index (χ4v) is 2.53. The Labute approximate surface area is 166 Å². The van der Waals surface area contributed by atoms with Crippen LogP contribution in [0.1, 0.15) is 11.1 Å². The average Bonchev–Trinajstić information content (AvgIpc) is 2.71. The van der Waals surface area contributed by atoms with E-state index >= 15 is 0 Å². The van der Waals surface area contributed by atoms with Crippen molar-refractivity contribution < 1.29 is 28.5 Å². The standard InChI is InChI=1S/C20H21BrO6/c1-23-15-8-7-13(9-16(15)27-19(22)12-21)5-6-14-10-17(24-2)20(26-4)18(11-14)25-3/h5-11H,12H2,1-4H3. The van der Waals surface area contributed by atoms with E-state index in [4.69, 9.17) is 23.7 Å². The van der Waals surface area contributed by atoms with Gasteiger partial charge in [-0.15, -0.1) is 0 Å². The van der Waals surface area contributed by atoms with Gasteiger partial charge < -0.3 is 23.7 Å². The summed E-state index contributed by atoms with van der Waals surface area (Å²) in [6, 6.07) is 9.01. The van der Waals surface area contributed by atoms with Gasteiger partial charge in [0.2, 0.25) is 5.75 Å². The normalized spacial score (nSPS) is 10.6. The molecule has 0 saturated heterocycles. The van der Waals surface area contributed by atoms with Gasteiger partial charge in [0.1, 0.15) is 5.33 Å². The van der Waals surface area contributed by atoms with E-state index in [2.05, 4.69) is 15.9 Å². The van der Waals surface area contributed by atoms with Gasteiger partial charge in [-0.05, 0) is 35.4 Å². The van der Waals surface area contributed by atoms with Crippen molar-refractivity contribution in [3.05, 3.63) is 41.5 Å². The molecule has 6 nitrogen and oxygen atoms in total. The van der Waals surface area contributed by atoms with Gasteiger partial charge in [-0.3, -0.25) is 4.79 Å². The second-order valence-electron chi connectivity index (χ2n) is 5.31. The van der Waals surface area contributed by atoms with Gasteiger partial charge in [0.05, 0.1) is 28.4 Å². The number of ether oxygens (including phenoxy) is 5. The number of carbonyl (C=O) groups excluding carboxylic acids is 1. The first-order valence-corrected chi connectivity index (χ1v) is 9.11. The molecular formula is C20H21BrO6. The summed E-state index contributed by atoms with van der Waals surface area (Å²) in [6.45, 7) is 0. The van der Waals surface area contributed by atoms with Crippen LogP contribution in [0.3, 0.4) is 0 Å². The highest BCUT2D eigenvalue weighted by Crippen LogP contribution is 2.38. The smallest absolute Gasteiger partial charge is 0.322 e. The molecule has 2 aromatic carbocycles. The Balaban J connectivity index is 2.34. The predicted octanol–water partition coefficient (Wildman–Crippen LogP) is 4.19. The number of carbonyl (C=O) groups is 1. The molecule has 2 aromatic rings. The summed E-state index contributed by atoms with van der Waals surface area (Å²) in [5.74, 6) is 2.10. The first-order valence-electron chi connectivity index (χ1n) is 7.99. The van der Waals surface area contributed by atoms with Crippen LogP contribution in [-0.4, -0.2) is 39.7 Å². The highest BCUT2D eigenvalue weighted by Gasteiger charge is 2.12. The van der Waals surface area contributed by atoms with Crippen LogP contribution in [0.2, 0.25) is 0 Å². The maximum atomic E-state index is 11.6. The molecule has 7 heteroatoms. The summed E-state index contributed by atoms with van der Waals surface area (Å²) in [6.07, 6.45) is 3.77. The number of rotatable bonds is 8. The van der Waals surface area contributed by atoms with Crippen molar-refractivity contribution >= 4 is 34.1 Å². The Bertz CT molecular complexity index is 806. The average molecular weight is 437 g/mol. The van der Waals surface area contributed by atoms with Gasteiger partial charge in [0.25, 0.3) is 0 Å². The topological polar surface area (TPSA) is 63.2 Å². The van der Waals surface area contributed by atoms with Crippen molar-refractivity contribution in [1.82, 2.24) is 0 Å². The lowest BCUT2D eigenvalue weighted by Crippen LogP contribution is -2.09. The molecule has 0 bridgehead atoms. The van der Waals surface area contributed by atoms with Gasteiger partial charge in [0.15, 0.2) is 23.0 Å². The van der Waals surface area contributed by atoms with Gasteiger partial charge in [-0.25, -0.2) is 0 Å². The summed E-state index contributed by atoms with van der Waals surface area (Å²) in [5, 5.41) is 0.0989. The molecule has 144 valence electrons. The Kier molecular flexibility index (Phi) is 7.55. The monoisotopic (exact) mass is 436 g/mol. The summed E-state index contributed by atoms with van der Waals surface area (Å²) >= 11 is 3.07. The van der Waals surface area contributed by atoms with Crippen molar-refractivity contribution in [2.45, 2.75) is 0 Å². The van der Waals surface area contributed by atoms with Crippen LogP contribution in [-0.2, 0) is 4.79 Å². The van der Waals surface area contributed by atoms with Crippen LogP contribution in [0, 0.1) is 0 Å². The van der Waals surface area contributed by atoms with Crippen molar-refractivity contribution in [3.63, 3.8) is 0 Å². The third-order valence-corrected chi connectivity index (χ3v) is 4.13. The van der Waals surface area contributed by atoms with Crippen molar-refractivity contribution in [1.29, 1.82) is 0 Å². The lowest BCUT2D eigenvalue weighted by Gasteiger charge is -2.13. The molecule has 0 fully saturated rings. The number of hydrogen-bond donors (Lipinski definition) is 0. The van der Waals surface area contributed by atoms with Crippen molar-refractivity contribution in [2.24, 2.45) is 0 Å². The molecule has 0 aliphatic carbocycles. The number of esters is 1. The van der Waals surface area contributed by atoms with Gasteiger partial charge in [-0.1, -0.05) is 34.1 Å². The zero-order valence-corrected chi connectivity index (χ0v) is 17.2. The minimum absolute atomic E-state index is 0.0989. The Hall–Kier alpha value is -2.67. The Morgan fingerprint density at radius 1 is 0.815 bits per heavy atom. The lowest BCUT2D eigenvalue weighted by molar-refractivity contribution is -0.131. The van der Waals surface area contributed by atoms with E-state index in [0.717, 1.165) is 11.1 Å². The minimum atomic E-state index is -0.404. The Morgan fingerprint density at radius 3 is 1.89 bits per heavy atom. The number of alkyl halides is 1. The molecule has 27 heavy (non-hydrogen) atoms. The second-order valence-corrected chi connectivity index (χ2v) is 5.87. The summed E-state index contributed by atoms with van der Waals surface area (Å²) < 4.78 is 26.6. The van der Waals surface area contributed by atoms with Crippen molar-refractivity contribution in [2.75, 3.05) is 33.8 Å². The molecular weight excluding hydrogens is 416 g/mol.